The summed E-state index contributed by atoms with van der Waals surface area (Å²) in [7, 11) is 0. The van der Waals surface area contributed by atoms with Gasteiger partial charge in [0.2, 0.25) is 5.91 Å². The molecule has 166 valence electrons. The molecule has 4 rings (SSSR count). The highest BCUT2D eigenvalue weighted by atomic mass is 32.2. The highest BCUT2D eigenvalue weighted by Gasteiger charge is 2.21. The third-order valence-electron chi connectivity index (χ3n) is 4.94. The van der Waals surface area contributed by atoms with Crippen molar-refractivity contribution in [2.45, 2.75) is 31.7 Å². The maximum absolute atomic E-state index is 13.3. The Morgan fingerprint density at radius 1 is 1.22 bits per heavy atom. The predicted molar refractivity (Wildman–Crippen MR) is 132 cm³/mol. The fraction of sp³-hybridized carbons (Fsp3) is 0.292. The number of ether oxygens (including phenoxy) is 1. The van der Waals surface area contributed by atoms with Crippen LogP contribution in [0.15, 0.2) is 66.1 Å². The van der Waals surface area contributed by atoms with Gasteiger partial charge in [0.05, 0.1) is 23.4 Å². The number of carbonyl (C=O) groups excluding carboxylic acids is 1. The number of aromatic nitrogens is 3. The van der Waals surface area contributed by atoms with Gasteiger partial charge in [-0.25, -0.2) is 9.97 Å². The van der Waals surface area contributed by atoms with Crippen molar-refractivity contribution < 1.29 is 9.53 Å². The van der Waals surface area contributed by atoms with Crippen LogP contribution in [-0.2, 0) is 11.3 Å². The van der Waals surface area contributed by atoms with Crippen molar-refractivity contribution in [3.8, 4) is 5.75 Å². The molecule has 2 aromatic heterocycles. The zero-order valence-electron chi connectivity index (χ0n) is 18.2. The Labute approximate surface area is 196 Å². The summed E-state index contributed by atoms with van der Waals surface area (Å²) in [6.07, 6.45) is 6.31. The zero-order valence-corrected chi connectivity index (χ0v) is 19.9. The summed E-state index contributed by atoms with van der Waals surface area (Å²) in [4.78, 5) is 25.1. The van der Waals surface area contributed by atoms with Crippen LogP contribution in [0, 0.1) is 6.92 Å². The van der Waals surface area contributed by atoms with E-state index in [1.165, 1.54) is 16.9 Å². The lowest BCUT2D eigenvalue weighted by Crippen LogP contribution is -2.33. The molecule has 2 aromatic carbocycles. The van der Waals surface area contributed by atoms with Crippen molar-refractivity contribution in [2.24, 2.45) is 0 Å². The second-order valence-electron chi connectivity index (χ2n) is 7.33. The number of para-hydroxylation sites is 1. The minimum Gasteiger partial charge on any atom is -0.492 e. The first-order valence-electron chi connectivity index (χ1n) is 10.6. The second kappa shape index (κ2) is 10.7. The van der Waals surface area contributed by atoms with Gasteiger partial charge in [-0.3, -0.25) is 9.69 Å². The Morgan fingerprint density at radius 2 is 2.06 bits per heavy atom. The largest absolute Gasteiger partial charge is 0.492 e. The summed E-state index contributed by atoms with van der Waals surface area (Å²) < 4.78 is 8.79. The Morgan fingerprint density at radius 3 is 2.81 bits per heavy atom. The molecule has 0 saturated heterocycles. The van der Waals surface area contributed by atoms with Gasteiger partial charge in [0, 0.05) is 30.4 Å². The Balaban J connectivity index is 1.53. The van der Waals surface area contributed by atoms with Gasteiger partial charge in [-0.2, -0.15) is 0 Å². The number of hydrogen-bond donors (Lipinski definition) is 0. The summed E-state index contributed by atoms with van der Waals surface area (Å²) in [6, 6.07) is 14.2. The molecular weight excluding hydrogens is 440 g/mol. The standard InChI is InChI=1S/C24H26N4O2S2/c1-3-30-20-6-4-7-21-23(20)26-24(32-21)28(14-5-13-27-15-12-25-17-27)22(29)16-31-19-10-8-18(2)9-11-19/h4,6-12,15,17H,3,5,13-14,16H2,1-2H3. The number of carbonyl (C=O) groups is 1. The fourth-order valence-corrected chi connectivity index (χ4v) is 5.11. The molecule has 0 atom stereocenters. The van der Waals surface area contributed by atoms with E-state index in [-0.39, 0.29) is 5.91 Å². The van der Waals surface area contributed by atoms with Crippen LogP contribution < -0.4 is 9.64 Å². The molecule has 8 heteroatoms. The molecule has 0 fully saturated rings. The van der Waals surface area contributed by atoms with Crippen LogP contribution in [0.1, 0.15) is 18.9 Å². The van der Waals surface area contributed by atoms with E-state index in [9.17, 15) is 4.79 Å². The van der Waals surface area contributed by atoms with Crippen LogP contribution in [0.5, 0.6) is 5.75 Å². The predicted octanol–water partition coefficient (Wildman–Crippen LogP) is 5.42. The molecule has 0 bridgehead atoms. The van der Waals surface area contributed by atoms with Gasteiger partial charge in [0.1, 0.15) is 11.3 Å². The molecule has 32 heavy (non-hydrogen) atoms. The number of amides is 1. The average Bonchev–Trinajstić information content (AvgIpc) is 3.47. The number of benzene rings is 2. The van der Waals surface area contributed by atoms with Crippen molar-refractivity contribution in [1.29, 1.82) is 0 Å². The highest BCUT2D eigenvalue weighted by Crippen LogP contribution is 2.35. The van der Waals surface area contributed by atoms with E-state index in [1.54, 1.807) is 24.3 Å². The van der Waals surface area contributed by atoms with E-state index in [0.717, 1.165) is 33.8 Å². The van der Waals surface area contributed by atoms with Crippen LogP contribution in [0.2, 0.25) is 0 Å². The SMILES string of the molecule is CCOc1cccc2sc(N(CCCn3ccnc3)C(=O)CSc3ccc(C)cc3)nc12. The molecule has 0 saturated carbocycles. The molecule has 0 aliphatic rings. The van der Waals surface area contributed by atoms with Crippen LogP contribution in [-0.4, -0.2) is 39.3 Å². The molecule has 0 aliphatic carbocycles. The fourth-order valence-electron chi connectivity index (χ4n) is 3.31. The monoisotopic (exact) mass is 466 g/mol. The van der Waals surface area contributed by atoms with Crippen molar-refractivity contribution in [1.82, 2.24) is 14.5 Å². The third-order valence-corrected chi connectivity index (χ3v) is 6.98. The van der Waals surface area contributed by atoms with E-state index < -0.39 is 0 Å². The summed E-state index contributed by atoms with van der Waals surface area (Å²) in [5.41, 5.74) is 2.02. The van der Waals surface area contributed by atoms with Crippen molar-refractivity contribution in [3.05, 3.63) is 66.7 Å². The summed E-state index contributed by atoms with van der Waals surface area (Å²) in [6.45, 7) is 5.98. The van der Waals surface area contributed by atoms with E-state index in [4.69, 9.17) is 9.72 Å². The van der Waals surface area contributed by atoms with Gasteiger partial charge in [-0.1, -0.05) is 35.1 Å². The van der Waals surface area contributed by atoms with E-state index in [1.807, 2.05) is 40.8 Å². The molecule has 1 amide bonds. The lowest BCUT2D eigenvalue weighted by molar-refractivity contribution is -0.116. The first kappa shape index (κ1) is 22.4. The Bertz CT molecular complexity index is 1160. The van der Waals surface area contributed by atoms with E-state index >= 15 is 0 Å². The molecule has 2 heterocycles. The third kappa shape index (κ3) is 5.49. The lowest BCUT2D eigenvalue weighted by Gasteiger charge is -2.20. The summed E-state index contributed by atoms with van der Waals surface area (Å²) >= 11 is 3.09. The number of hydrogen-bond acceptors (Lipinski definition) is 6. The quantitative estimate of drug-likeness (QED) is 0.292. The van der Waals surface area contributed by atoms with Crippen LogP contribution in [0.3, 0.4) is 0 Å². The second-order valence-corrected chi connectivity index (χ2v) is 9.39. The molecule has 0 spiro atoms. The first-order valence-corrected chi connectivity index (χ1v) is 12.4. The molecule has 0 radical (unpaired) electrons. The molecule has 0 unspecified atom stereocenters. The summed E-state index contributed by atoms with van der Waals surface area (Å²) in [5, 5.41) is 0.715. The van der Waals surface area contributed by atoms with Gasteiger partial charge < -0.3 is 9.30 Å². The number of thioether (sulfide) groups is 1. The van der Waals surface area contributed by atoms with Crippen molar-refractivity contribution in [2.75, 3.05) is 23.8 Å². The van der Waals surface area contributed by atoms with Crippen LogP contribution in [0.4, 0.5) is 5.13 Å². The van der Waals surface area contributed by atoms with Gasteiger partial charge in [0.15, 0.2) is 5.13 Å². The van der Waals surface area contributed by atoms with Crippen LogP contribution >= 0.6 is 23.1 Å². The van der Waals surface area contributed by atoms with Gasteiger partial charge >= 0.3 is 0 Å². The minimum atomic E-state index is 0.0539. The van der Waals surface area contributed by atoms with Gasteiger partial charge in [-0.05, 0) is 44.5 Å². The number of imidazole rings is 1. The highest BCUT2D eigenvalue weighted by molar-refractivity contribution is 8.00. The Kier molecular flexibility index (Phi) is 7.44. The maximum atomic E-state index is 13.3. The number of nitrogens with zero attached hydrogens (tertiary/aromatic N) is 4. The van der Waals surface area contributed by atoms with Gasteiger partial charge in [0.25, 0.3) is 0 Å². The maximum Gasteiger partial charge on any atom is 0.239 e. The Hall–Kier alpha value is -2.84. The number of fused-ring (bicyclic) bond motifs is 1. The number of rotatable bonds is 10. The smallest absolute Gasteiger partial charge is 0.239 e. The summed E-state index contributed by atoms with van der Waals surface area (Å²) in [5.74, 6) is 1.17. The topological polar surface area (TPSA) is 60.2 Å². The van der Waals surface area contributed by atoms with E-state index in [0.29, 0.717) is 24.0 Å². The van der Waals surface area contributed by atoms with Crippen molar-refractivity contribution >= 4 is 44.4 Å². The number of aryl methyl sites for hydroxylation is 2. The lowest BCUT2D eigenvalue weighted by atomic mass is 10.2. The first-order chi connectivity index (χ1) is 15.6. The number of thiazole rings is 1. The molecule has 0 N–H and O–H groups in total. The molecular formula is C24H26N4O2S2. The number of anilines is 1. The molecule has 4 aromatic rings. The average molecular weight is 467 g/mol. The zero-order chi connectivity index (χ0) is 22.3. The minimum absolute atomic E-state index is 0.0539. The van der Waals surface area contributed by atoms with E-state index in [2.05, 4.69) is 36.2 Å². The normalized spacial score (nSPS) is 11.1. The van der Waals surface area contributed by atoms with Crippen molar-refractivity contribution in [3.63, 3.8) is 0 Å². The van der Waals surface area contributed by atoms with Gasteiger partial charge in [-0.15, -0.1) is 11.8 Å². The molecule has 0 aliphatic heterocycles. The molecule has 6 nitrogen and oxygen atoms in total. The van der Waals surface area contributed by atoms with Crippen LogP contribution in [0.25, 0.3) is 10.2 Å².